The van der Waals surface area contributed by atoms with Gasteiger partial charge in [0.2, 0.25) is 0 Å². The van der Waals surface area contributed by atoms with E-state index in [0.717, 1.165) is 10.0 Å². The van der Waals surface area contributed by atoms with Gasteiger partial charge in [0.25, 0.3) is 0 Å². The SMILES string of the molecule is N#CCC(Nc1cc(F)ccc1Br)c1ccccc1. The average Bonchev–Trinajstić information content (AvgIpc) is 2.43. The quantitative estimate of drug-likeness (QED) is 0.890. The van der Waals surface area contributed by atoms with Gasteiger partial charge in [0.15, 0.2) is 0 Å². The molecule has 2 nitrogen and oxygen atoms in total. The molecule has 2 rings (SSSR count). The van der Waals surface area contributed by atoms with Crippen LogP contribution in [0.2, 0.25) is 0 Å². The summed E-state index contributed by atoms with van der Waals surface area (Å²) in [5.74, 6) is -0.311. The van der Waals surface area contributed by atoms with E-state index in [4.69, 9.17) is 5.26 Å². The molecule has 0 fully saturated rings. The van der Waals surface area contributed by atoms with Gasteiger partial charge in [-0.1, -0.05) is 30.3 Å². The number of nitrogens with zero attached hydrogens (tertiary/aromatic N) is 1. The second-order valence-corrected chi connectivity index (χ2v) is 4.95. The molecule has 0 aliphatic rings. The first kappa shape index (κ1) is 13.6. The van der Waals surface area contributed by atoms with Crippen molar-refractivity contribution in [3.8, 4) is 6.07 Å². The number of nitrogens with one attached hydrogen (secondary N) is 1. The smallest absolute Gasteiger partial charge is 0.125 e. The molecule has 2 aromatic rings. The van der Waals surface area contributed by atoms with Crippen LogP contribution < -0.4 is 5.32 Å². The highest BCUT2D eigenvalue weighted by Crippen LogP contribution is 2.28. The lowest BCUT2D eigenvalue weighted by molar-refractivity contribution is 0.627. The fourth-order valence-corrected chi connectivity index (χ4v) is 2.19. The van der Waals surface area contributed by atoms with Gasteiger partial charge in [0.05, 0.1) is 24.2 Å². The van der Waals surface area contributed by atoms with Crippen molar-refractivity contribution >= 4 is 21.6 Å². The van der Waals surface area contributed by atoms with E-state index in [-0.39, 0.29) is 11.9 Å². The van der Waals surface area contributed by atoms with Gasteiger partial charge >= 0.3 is 0 Å². The van der Waals surface area contributed by atoms with Gasteiger partial charge < -0.3 is 5.32 Å². The van der Waals surface area contributed by atoms with Crippen LogP contribution >= 0.6 is 15.9 Å². The van der Waals surface area contributed by atoms with Crippen LogP contribution in [0.25, 0.3) is 0 Å². The normalized spacial score (nSPS) is 11.6. The molecule has 0 spiro atoms. The van der Waals surface area contributed by atoms with E-state index >= 15 is 0 Å². The van der Waals surface area contributed by atoms with Crippen LogP contribution in [-0.4, -0.2) is 0 Å². The highest BCUT2D eigenvalue weighted by Gasteiger charge is 2.12. The van der Waals surface area contributed by atoms with E-state index in [1.54, 1.807) is 6.07 Å². The Morgan fingerprint density at radius 2 is 1.95 bits per heavy atom. The number of hydrogen-bond acceptors (Lipinski definition) is 2. The molecule has 1 atom stereocenters. The predicted octanol–water partition coefficient (Wildman–Crippen LogP) is 4.66. The zero-order chi connectivity index (χ0) is 13.7. The molecule has 0 radical (unpaired) electrons. The molecule has 0 heterocycles. The number of rotatable bonds is 4. The lowest BCUT2D eigenvalue weighted by Gasteiger charge is -2.18. The standard InChI is InChI=1S/C15H12BrFN2/c16-13-7-6-12(17)10-15(13)19-14(8-9-18)11-4-2-1-3-5-11/h1-7,10,14,19H,8H2. The van der Waals surface area contributed by atoms with E-state index in [9.17, 15) is 4.39 Å². The largest absolute Gasteiger partial charge is 0.376 e. The van der Waals surface area contributed by atoms with E-state index in [1.807, 2.05) is 30.3 Å². The third-order valence-electron chi connectivity index (χ3n) is 2.76. The summed E-state index contributed by atoms with van der Waals surface area (Å²) in [4.78, 5) is 0. The van der Waals surface area contributed by atoms with E-state index < -0.39 is 0 Å². The number of halogens is 2. The molecule has 1 N–H and O–H groups in total. The molecule has 4 heteroatoms. The molecule has 19 heavy (non-hydrogen) atoms. The highest BCUT2D eigenvalue weighted by atomic mass is 79.9. The molecular formula is C15H12BrFN2. The van der Waals surface area contributed by atoms with Gasteiger partial charge in [0.1, 0.15) is 5.82 Å². The summed E-state index contributed by atoms with van der Waals surface area (Å²) in [5.41, 5.74) is 1.64. The Balaban J connectivity index is 2.27. The fraction of sp³-hybridized carbons (Fsp3) is 0.133. The van der Waals surface area contributed by atoms with Crippen LogP contribution in [0.4, 0.5) is 10.1 Å². The second kappa shape index (κ2) is 6.35. The predicted molar refractivity (Wildman–Crippen MR) is 77.1 cm³/mol. The van der Waals surface area contributed by atoms with Crippen molar-refractivity contribution in [2.75, 3.05) is 5.32 Å². The zero-order valence-electron chi connectivity index (χ0n) is 10.1. The fourth-order valence-electron chi connectivity index (χ4n) is 1.82. The van der Waals surface area contributed by atoms with Crippen molar-refractivity contribution in [3.05, 3.63) is 64.4 Å². The second-order valence-electron chi connectivity index (χ2n) is 4.09. The van der Waals surface area contributed by atoms with Crippen molar-refractivity contribution in [2.45, 2.75) is 12.5 Å². The Hall–Kier alpha value is -1.86. The lowest BCUT2D eigenvalue weighted by atomic mass is 10.0. The number of anilines is 1. The van der Waals surface area contributed by atoms with Gasteiger partial charge in [-0.05, 0) is 39.7 Å². The summed E-state index contributed by atoms with van der Waals surface area (Å²) < 4.78 is 14.0. The highest BCUT2D eigenvalue weighted by molar-refractivity contribution is 9.10. The Bertz CT molecular complexity index is 593. The summed E-state index contributed by atoms with van der Waals surface area (Å²) >= 11 is 3.37. The maximum atomic E-state index is 13.3. The summed E-state index contributed by atoms with van der Waals surface area (Å²) in [6, 6.07) is 16.1. The maximum Gasteiger partial charge on any atom is 0.125 e. The van der Waals surface area contributed by atoms with Gasteiger partial charge in [-0.25, -0.2) is 4.39 Å². The number of hydrogen-bond donors (Lipinski definition) is 1. The van der Waals surface area contributed by atoms with Gasteiger partial charge in [-0.2, -0.15) is 5.26 Å². The Kier molecular flexibility index (Phi) is 4.53. The Labute approximate surface area is 120 Å². The monoisotopic (exact) mass is 318 g/mol. The first-order valence-electron chi connectivity index (χ1n) is 5.84. The topological polar surface area (TPSA) is 35.8 Å². The molecule has 0 aliphatic carbocycles. The van der Waals surface area contributed by atoms with Crippen molar-refractivity contribution < 1.29 is 4.39 Å². The summed E-state index contributed by atoms with van der Waals surface area (Å²) in [5, 5.41) is 12.1. The third kappa shape index (κ3) is 3.55. The molecule has 0 aliphatic heterocycles. The minimum absolute atomic E-state index is 0.163. The van der Waals surface area contributed by atoms with Gasteiger partial charge in [-0.3, -0.25) is 0 Å². The number of nitriles is 1. The maximum absolute atomic E-state index is 13.3. The Morgan fingerprint density at radius 3 is 2.63 bits per heavy atom. The van der Waals surface area contributed by atoms with Crippen LogP contribution in [0, 0.1) is 17.1 Å². The zero-order valence-corrected chi connectivity index (χ0v) is 11.7. The van der Waals surface area contributed by atoms with Crippen molar-refractivity contribution in [1.82, 2.24) is 0 Å². The van der Waals surface area contributed by atoms with Crippen molar-refractivity contribution in [3.63, 3.8) is 0 Å². The van der Waals surface area contributed by atoms with E-state index in [0.29, 0.717) is 12.1 Å². The first-order chi connectivity index (χ1) is 9.20. The van der Waals surface area contributed by atoms with Crippen molar-refractivity contribution in [2.24, 2.45) is 0 Å². The van der Waals surface area contributed by atoms with Crippen LogP contribution in [0.1, 0.15) is 18.0 Å². The van der Waals surface area contributed by atoms with Crippen LogP contribution in [0.15, 0.2) is 53.0 Å². The lowest BCUT2D eigenvalue weighted by Crippen LogP contribution is -2.10. The summed E-state index contributed by atoms with van der Waals surface area (Å²) in [7, 11) is 0. The molecule has 2 aromatic carbocycles. The molecule has 0 bridgehead atoms. The van der Waals surface area contributed by atoms with Crippen LogP contribution in [-0.2, 0) is 0 Å². The van der Waals surface area contributed by atoms with E-state index in [2.05, 4.69) is 27.3 Å². The molecule has 1 unspecified atom stereocenters. The van der Waals surface area contributed by atoms with E-state index in [1.165, 1.54) is 12.1 Å². The molecule has 0 saturated heterocycles. The van der Waals surface area contributed by atoms with Crippen LogP contribution in [0.3, 0.4) is 0 Å². The van der Waals surface area contributed by atoms with Gasteiger partial charge in [-0.15, -0.1) is 0 Å². The first-order valence-corrected chi connectivity index (χ1v) is 6.63. The molecule has 0 saturated carbocycles. The minimum Gasteiger partial charge on any atom is -0.376 e. The average molecular weight is 319 g/mol. The summed E-state index contributed by atoms with van der Waals surface area (Å²) in [6.07, 6.45) is 0.312. The molecular weight excluding hydrogens is 307 g/mol. The molecule has 0 amide bonds. The van der Waals surface area contributed by atoms with Crippen molar-refractivity contribution in [1.29, 1.82) is 5.26 Å². The molecule has 0 aromatic heterocycles. The van der Waals surface area contributed by atoms with Crippen LogP contribution in [0.5, 0.6) is 0 Å². The summed E-state index contributed by atoms with van der Waals surface area (Å²) in [6.45, 7) is 0. The Morgan fingerprint density at radius 1 is 1.21 bits per heavy atom. The third-order valence-corrected chi connectivity index (χ3v) is 3.45. The van der Waals surface area contributed by atoms with Gasteiger partial charge in [0, 0.05) is 4.47 Å². The number of benzene rings is 2. The minimum atomic E-state index is -0.311. The molecule has 96 valence electrons.